The molecule has 1 saturated heterocycles. The Kier molecular flexibility index (Phi) is 3.93. The Labute approximate surface area is 136 Å². The van der Waals surface area contributed by atoms with Gasteiger partial charge < -0.3 is 9.47 Å². The first kappa shape index (κ1) is 14.2. The summed E-state index contributed by atoms with van der Waals surface area (Å²) >= 11 is 0. The van der Waals surface area contributed by atoms with Gasteiger partial charge in [0, 0.05) is 5.56 Å². The summed E-state index contributed by atoms with van der Waals surface area (Å²) in [6.45, 7) is 0. The first-order valence-electron chi connectivity index (χ1n) is 7.87. The molecule has 1 aliphatic heterocycles. The lowest BCUT2D eigenvalue weighted by atomic mass is 9.99. The molecule has 2 atom stereocenters. The fourth-order valence-corrected chi connectivity index (χ4v) is 3.00. The Balaban J connectivity index is 1.70. The Hall–Kier alpha value is -2.42. The van der Waals surface area contributed by atoms with Crippen molar-refractivity contribution in [1.82, 2.24) is 0 Å². The normalized spacial score (nSPS) is 21.4. The topological polar surface area (TPSA) is 18.5 Å². The van der Waals surface area contributed by atoms with Gasteiger partial charge in [-0.25, -0.2) is 0 Å². The molecule has 0 radical (unpaired) electrons. The molecule has 3 aromatic carbocycles. The van der Waals surface area contributed by atoms with Gasteiger partial charge in [-0.2, -0.15) is 0 Å². The lowest BCUT2D eigenvalue weighted by molar-refractivity contribution is -0.0698. The summed E-state index contributed by atoms with van der Waals surface area (Å²) in [7, 11) is 0. The van der Waals surface area contributed by atoms with Gasteiger partial charge in [-0.05, 0) is 11.1 Å². The van der Waals surface area contributed by atoms with Crippen LogP contribution in [0.4, 0.5) is 0 Å². The average Bonchev–Trinajstić information content (AvgIpc) is 3.09. The summed E-state index contributed by atoms with van der Waals surface area (Å²) in [5.74, 6) is 0. The van der Waals surface area contributed by atoms with Crippen LogP contribution in [-0.2, 0) is 9.47 Å². The van der Waals surface area contributed by atoms with Gasteiger partial charge in [-0.3, -0.25) is 0 Å². The van der Waals surface area contributed by atoms with E-state index >= 15 is 0 Å². The molecule has 3 aromatic rings. The third-order valence-corrected chi connectivity index (χ3v) is 4.14. The van der Waals surface area contributed by atoms with Crippen LogP contribution in [0.5, 0.6) is 0 Å². The zero-order valence-corrected chi connectivity index (χ0v) is 12.7. The van der Waals surface area contributed by atoms with Crippen LogP contribution >= 0.6 is 0 Å². The summed E-state index contributed by atoms with van der Waals surface area (Å²) in [5, 5.41) is 0. The monoisotopic (exact) mass is 302 g/mol. The van der Waals surface area contributed by atoms with Crippen LogP contribution in [0.15, 0.2) is 91.0 Å². The first-order valence-corrected chi connectivity index (χ1v) is 7.87. The van der Waals surface area contributed by atoms with E-state index in [0.29, 0.717) is 0 Å². The zero-order valence-electron chi connectivity index (χ0n) is 12.7. The van der Waals surface area contributed by atoms with Crippen molar-refractivity contribution in [2.24, 2.45) is 0 Å². The maximum atomic E-state index is 6.28. The summed E-state index contributed by atoms with van der Waals surface area (Å²) in [4.78, 5) is 0. The van der Waals surface area contributed by atoms with Crippen LogP contribution in [0, 0.1) is 0 Å². The van der Waals surface area contributed by atoms with Crippen LogP contribution in [0.25, 0.3) is 0 Å². The van der Waals surface area contributed by atoms with E-state index in [1.165, 1.54) is 0 Å². The smallest absolute Gasteiger partial charge is 0.185 e. The number of ether oxygens (including phenoxy) is 2. The average molecular weight is 302 g/mol. The van der Waals surface area contributed by atoms with Crippen molar-refractivity contribution in [2.45, 2.75) is 18.5 Å². The molecule has 0 bridgehead atoms. The van der Waals surface area contributed by atoms with Crippen molar-refractivity contribution < 1.29 is 9.47 Å². The summed E-state index contributed by atoms with van der Waals surface area (Å²) < 4.78 is 12.6. The van der Waals surface area contributed by atoms with E-state index in [0.717, 1.165) is 16.7 Å². The second-order valence-electron chi connectivity index (χ2n) is 5.68. The predicted molar refractivity (Wildman–Crippen MR) is 89.7 cm³/mol. The maximum Gasteiger partial charge on any atom is 0.185 e. The number of rotatable bonds is 3. The molecule has 2 heteroatoms. The van der Waals surface area contributed by atoms with Gasteiger partial charge in [0.15, 0.2) is 6.29 Å². The van der Waals surface area contributed by atoms with E-state index in [9.17, 15) is 0 Å². The Morgan fingerprint density at radius 1 is 0.435 bits per heavy atom. The maximum absolute atomic E-state index is 6.28. The van der Waals surface area contributed by atoms with E-state index < -0.39 is 0 Å². The number of hydrogen-bond donors (Lipinski definition) is 0. The molecule has 2 nitrogen and oxygen atoms in total. The minimum Gasteiger partial charge on any atom is -0.337 e. The standard InChI is InChI=1S/C21H18O2/c1-4-10-16(11-5-1)19-20(17-12-6-2-7-13-17)23-21(22-19)18-14-8-3-9-15-18/h1-15,19-21H/t19-,20-/m0/s1. The molecule has 1 aliphatic rings. The molecule has 0 amide bonds. The van der Waals surface area contributed by atoms with Crippen LogP contribution < -0.4 is 0 Å². The molecule has 1 heterocycles. The molecule has 0 aromatic heterocycles. The molecule has 1 fully saturated rings. The van der Waals surface area contributed by atoms with Gasteiger partial charge in [-0.1, -0.05) is 91.0 Å². The molecule has 23 heavy (non-hydrogen) atoms. The van der Waals surface area contributed by atoms with Crippen molar-refractivity contribution in [1.29, 1.82) is 0 Å². The van der Waals surface area contributed by atoms with Gasteiger partial charge in [-0.15, -0.1) is 0 Å². The van der Waals surface area contributed by atoms with Crippen molar-refractivity contribution >= 4 is 0 Å². The summed E-state index contributed by atoms with van der Waals surface area (Å²) in [6, 6.07) is 30.7. The van der Waals surface area contributed by atoms with Crippen molar-refractivity contribution in [2.75, 3.05) is 0 Å². The first-order chi connectivity index (χ1) is 11.4. The minimum absolute atomic E-state index is 0.108. The molecule has 0 saturated carbocycles. The Bertz CT molecular complexity index is 693. The zero-order chi connectivity index (χ0) is 15.5. The van der Waals surface area contributed by atoms with Gasteiger partial charge in [0.1, 0.15) is 12.2 Å². The van der Waals surface area contributed by atoms with Crippen molar-refractivity contribution in [3.05, 3.63) is 108 Å². The number of hydrogen-bond acceptors (Lipinski definition) is 2. The lowest BCUT2D eigenvalue weighted by Gasteiger charge is -2.17. The highest BCUT2D eigenvalue weighted by Crippen LogP contribution is 2.47. The fraction of sp³-hybridized carbons (Fsp3) is 0.143. The second kappa shape index (κ2) is 6.37. The van der Waals surface area contributed by atoms with E-state index in [1.807, 2.05) is 66.7 Å². The lowest BCUT2D eigenvalue weighted by Crippen LogP contribution is -2.06. The van der Waals surface area contributed by atoms with E-state index in [1.54, 1.807) is 0 Å². The van der Waals surface area contributed by atoms with Gasteiger partial charge in [0.25, 0.3) is 0 Å². The van der Waals surface area contributed by atoms with Crippen molar-refractivity contribution in [3.63, 3.8) is 0 Å². The van der Waals surface area contributed by atoms with E-state index in [2.05, 4.69) is 24.3 Å². The van der Waals surface area contributed by atoms with Crippen LogP contribution in [-0.4, -0.2) is 0 Å². The third kappa shape index (κ3) is 2.91. The molecular weight excluding hydrogens is 284 g/mol. The number of benzene rings is 3. The highest BCUT2D eigenvalue weighted by Gasteiger charge is 2.38. The quantitative estimate of drug-likeness (QED) is 0.661. The predicted octanol–water partition coefficient (Wildman–Crippen LogP) is 5.21. The molecule has 0 aliphatic carbocycles. The molecule has 0 unspecified atom stereocenters. The minimum atomic E-state index is -0.341. The highest BCUT2D eigenvalue weighted by molar-refractivity contribution is 5.27. The van der Waals surface area contributed by atoms with Gasteiger partial charge >= 0.3 is 0 Å². The Morgan fingerprint density at radius 2 is 0.783 bits per heavy atom. The second-order valence-corrected chi connectivity index (χ2v) is 5.68. The summed E-state index contributed by atoms with van der Waals surface area (Å²) in [6.07, 6.45) is -0.556. The summed E-state index contributed by atoms with van der Waals surface area (Å²) in [5.41, 5.74) is 3.33. The van der Waals surface area contributed by atoms with Gasteiger partial charge in [0.05, 0.1) is 0 Å². The molecule has 4 rings (SSSR count). The van der Waals surface area contributed by atoms with Gasteiger partial charge in [0.2, 0.25) is 0 Å². The van der Waals surface area contributed by atoms with Crippen LogP contribution in [0.3, 0.4) is 0 Å². The molecular formula is C21H18O2. The largest absolute Gasteiger partial charge is 0.337 e. The van der Waals surface area contributed by atoms with Crippen LogP contribution in [0.2, 0.25) is 0 Å². The van der Waals surface area contributed by atoms with E-state index in [-0.39, 0.29) is 18.5 Å². The SMILES string of the molecule is c1ccc(C2O[C@@H](c3ccccc3)[C@H](c3ccccc3)O2)cc1. The Morgan fingerprint density at radius 3 is 1.17 bits per heavy atom. The molecule has 114 valence electrons. The fourth-order valence-electron chi connectivity index (χ4n) is 3.00. The van der Waals surface area contributed by atoms with Crippen molar-refractivity contribution in [3.8, 4) is 0 Å². The van der Waals surface area contributed by atoms with Crippen LogP contribution in [0.1, 0.15) is 35.2 Å². The van der Waals surface area contributed by atoms with E-state index in [4.69, 9.17) is 9.47 Å². The highest BCUT2D eigenvalue weighted by atomic mass is 16.7. The third-order valence-electron chi connectivity index (χ3n) is 4.14. The molecule has 0 spiro atoms. The molecule has 0 N–H and O–H groups in total.